The molecule has 2 N–H and O–H groups in total. The van der Waals surface area contributed by atoms with Gasteiger partial charge in [0.05, 0.1) is 24.9 Å². The van der Waals surface area contributed by atoms with Gasteiger partial charge in [-0.1, -0.05) is 13.8 Å². The van der Waals surface area contributed by atoms with E-state index in [0.29, 0.717) is 37.5 Å². The monoisotopic (exact) mass is 469 g/mol. The van der Waals surface area contributed by atoms with Crippen LogP contribution in [-0.2, 0) is 16.1 Å². The highest BCUT2D eigenvalue weighted by molar-refractivity contribution is 5.97. The number of nitrogens with one attached hydrogen (secondary N) is 1. The second-order valence-electron chi connectivity index (χ2n) is 10.0. The van der Waals surface area contributed by atoms with Gasteiger partial charge in [-0.15, -0.1) is 0 Å². The Hall–Kier alpha value is -3.14. The van der Waals surface area contributed by atoms with Crippen molar-refractivity contribution < 1.29 is 19.4 Å². The molecule has 1 saturated heterocycles. The third-order valence-corrected chi connectivity index (χ3v) is 6.96. The number of fused-ring (bicyclic) bond motifs is 1. The molecule has 2 saturated carbocycles. The Morgan fingerprint density at radius 2 is 2.12 bits per heavy atom. The molecule has 10 nitrogen and oxygen atoms in total. The van der Waals surface area contributed by atoms with Gasteiger partial charge in [-0.25, -0.2) is 0 Å². The number of carbonyl (C=O) groups is 2. The zero-order valence-electron chi connectivity index (χ0n) is 19.6. The molecule has 0 aromatic carbocycles. The van der Waals surface area contributed by atoms with E-state index in [9.17, 15) is 19.5 Å². The zero-order valence-corrected chi connectivity index (χ0v) is 19.6. The highest BCUT2D eigenvalue weighted by Gasteiger charge is 2.46. The number of amides is 2. The van der Waals surface area contributed by atoms with Gasteiger partial charge >= 0.3 is 0 Å². The summed E-state index contributed by atoms with van der Waals surface area (Å²) in [5, 5.41) is 17.8. The summed E-state index contributed by atoms with van der Waals surface area (Å²) >= 11 is 0. The number of rotatable bonds is 6. The molecule has 0 atom stereocenters. The third kappa shape index (κ3) is 3.89. The van der Waals surface area contributed by atoms with Gasteiger partial charge in [-0.05, 0) is 44.1 Å². The summed E-state index contributed by atoms with van der Waals surface area (Å²) in [5.41, 5.74) is -0.215. The number of carbonyl (C=O) groups excluding carboxylic acids is 2. The van der Waals surface area contributed by atoms with Gasteiger partial charge in [0.25, 0.3) is 11.5 Å². The van der Waals surface area contributed by atoms with Crippen LogP contribution in [0.15, 0.2) is 17.1 Å². The second kappa shape index (κ2) is 8.57. The lowest BCUT2D eigenvalue weighted by atomic mass is 9.75. The molecule has 2 aliphatic carbocycles. The molecule has 10 heteroatoms. The van der Waals surface area contributed by atoms with Crippen LogP contribution in [0.3, 0.4) is 0 Å². The Morgan fingerprint density at radius 3 is 2.76 bits per heavy atom. The van der Waals surface area contributed by atoms with Gasteiger partial charge in [0.2, 0.25) is 11.8 Å². The number of ether oxygens (including phenoxy) is 1. The van der Waals surface area contributed by atoms with Crippen LogP contribution in [0.4, 0.5) is 0 Å². The van der Waals surface area contributed by atoms with Crippen LogP contribution in [0.25, 0.3) is 11.7 Å². The van der Waals surface area contributed by atoms with E-state index in [2.05, 4.69) is 10.4 Å². The minimum Gasteiger partial charge on any atom is -0.492 e. The normalized spacial score (nSPS) is 19.8. The fourth-order valence-electron chi connectivity index (χ4n) is 4.88. The fourth-order valence-corrected chi connectivity index (χ4v) is 4.88. The molecular weight excluding hydrogens is 438 g/mol. The van der Waals surface area contributed by atoms with E-state index < -0.39 is 17.3 Å². The molecule has 34 heavy (non-hydrogen) atoms. The topological polar surface area (TPSA) is 118 Å². The number of aromatic hydroxyl groups is 1. The lowest BCUT2D eigenvalue weighted by molar-refractivity contribution is -0.153. The number of hydrogen-bond acceptors (Lipinski definition) is 6. The average Bonchev–Trinajstić information content (AvgIpc) is 3.49. The van der Waals surface area contributed by atoms with Crippen molar-refractivity contribution in [2.24, 2.45) is 5.92 Å². The zero-order chi connectivity index (χ0) is 24.0. The maximum Gasteiger partial charge on any atom is 0.270 e. The van der Waals surface area contributed by atoms with Gasteiger partial charge in [0.15, 0.2) is 5.56 Å². The Labute approximate surface area is 197 Å². The van der Waals surface area contributed by atoms with E-state index in [0.717, 1.165) is 32.1 Å². The Bertz CT molecular complexity index is 1220. The highest BCUT2D eigenvalue weighted by atomic mass is 16.5. The summed E-state index contributed by atoms with van der Waals surface area (Å²) in [5.74, 6) is -1.09. The Morgan fingerprint density at radius 1 is 1.35 bits per heavy atom. The van der Waals surface area contributed by atoms with Crippen molar-refractivity contribution in [3.8, 4) is 5.88 Å². The summed E-state index contributed by atoms with van der Waals surface area (Å²) in [6, 6.07) is 0.0434. The Balaban J connectivity index is 1.52. The van der Waals surface area contributed by atoms with Gasteiger partial charge < -0.3 is 20.1 Å². The molecule has 3 fully saturated rings. The molecule has 3 aliphatic rings. The number of hydrogen-bond donors (Lipinski definition) is 2. The van der Waals surface area contributed by atoms with Crippen molar-refractivity contribution in [1.29, 1.82) is 0 Å². The largest absolute Gasteiger partial charge is 0.492 e. The van der Waals surface area contributed by atoms with E-state index in [-0.39, 0.29) is 29.0 Å². The van der Waals surface area contributed by atoms with Crippen LogP contribution < -0.4 is 10.9 Å². The first-order valence-corrected chi connectivity index (χ1v) is 12.0. The summed E-state index contributed by atoms with van der Waals surface area (Å²) in [6.07, 6.45) is 9.32. The molecule has 5 rings (SSSR count). The molecule has 182 valence electrons. The molecule has 0 unspecified atom stereocenters. The van der Waals surface area contributed by atoms with Crippen molar-refractivity contribution in [2.45, 2.75) is 64.1 Å². The molecule has 0 radical (unpaired) electrons. The highest BCUT2D eigenvalue weighted by Crippen LogP contribution is 2.39. The lowest BCUT2D eigenvalue weighted by Crippen LogP contribution is -2.62. The number of morpholine rings is 1. The summed E-state index contributed by atoms with van der Waals surface area (Å²) in [7, 11) is 0. The fraction of sp³-hybridized carbons (Fsp3) is 0.583. The molecule has 0 bridgehead atoms. The van der Waals surface area contributed by atoms with Crippen molar-refractivity contribution in [2.75, 3.05) is 19.8 Å². The maximum absolute atomic E-state index is 13.3. The summed E-state index contributed by atoms with van der Waals surface area (Å²) < 4.78 is 8.29. The predicted octanol–water partition coefficient (Wildman–Crippen LogP) is 1.54. The predicted molar refractivity (Wildman–Crippen MR) is 125 cm³/mol. The van der Waals surface area contributed by atoms with E-state index >= 15 is 0 Å². The average molecular weight is 470 g/mol. The molecule has 1 spiro atoms. The summed E-state index contributed by atoms with van der Waals surface area (Å²) in [4.78, 5) is 41.0. The van der Waals surface area contributed by atoms with Crippen molar-refractivity contribution in [3.05, 3.63) is 33.8 Å². The molecule has 1 aliphatic heterocycles. The van der Waals surface area contributed by atoms with Crippen LogP contribution in [-0.4, -0.2) is 67.3 Å². The standard InChI is InChI=1S/C24H31N5O5/c1-15(2)13-27-21-16(4-7-18(30)28-10-11-34-14-24(28)8-3-9-24)12-25-29(21)23(33)19(22(27)32)20(31)26-17-5-6-17/h4,7,12,15,17,33H,3,5-6,8-11,13-14H2,1-2H3,(H,26,31). The van der Waals surface area contributed by atoms with E-state index in [4.69, 9.17) is 4.74 Å². The van der Waals surface area contributed by atoms with E-state index in [1.54, 1.807) is 6.08 Å². The van der Waals surface area contributed by atoms with Gasteiger partial charge in [-0.2, -0.15) is 9.61 Å². The first kappa shape index (κ1) is 22.6. The van der Waals surface area contributed by atoms with Gasteiger partial charge in [0, 0.05) is 30.8 Å². The third-order valence-electron chi connectivity index (χ3n) is 6.96. The first-order valence-electron chi connectivity index (χ1n) is 12.0. The molecule has 3 heterocycles. The minimum atomic E-state index is -0.592. The minimum absolute atomic E-state index is 0.0434. The molecule has 2 amide bonds. The van der Waals surface area contributed by atoms with Crippen LogP contribution in [0.2, 0.25) is 0 Å². The first-order chi connectivity index (χ1) is 16.3. The van der Waals surface area contributed by atoms with Crippen LogP contribution >= 0.6 is 0 Å². The molecule has 2 aromatic rings. The number of aromatic nitrogens is 3. The van der Waals surface area contributed by atoms with Crippen LogP contribution in [0, 0.1) is 5.92 Å². The van der Waals surface area contributed by atoms with E-state index in [1.807, 2.05) is 18.7 Å². The second-order valence-corrected chi connectivity index (χ2v) is 10.0. The maximum atomic E-state index is 13.3. The SMILES string of the molecule is CC(C)Cn1c(=O)c(C(=O)NC2CC2)c(O)n2ncc(C=CC(=O)N3CCOCC34CCC4)c12. The smallest absolute Gasteiger partial charge is 0.270 e. The van der Waals surface area contributed by atoms with Crippen LogP contribution in [0.5, 0.6) is 5.88 Å². The van der Waals surface area contributed by atoms with Crippen molar-refractivity contribution in [3.63, 3.8) is 0 Å². The van der Waals surface area contributed by atoms with E-state index in [1.165, 1.54) is 21.4 Å². The Kier molecular flexibility index (Phi) is 5.71. The molecular formula is C24H31N5O5. The lowest BCUT2D eigenvalue weighted by Gasteiger charge is -2.52. The quantitative estimate of drug-likeness (QED) is 0.620. The van der Waals surface area contributed by atoms with Crippen molar-refractivity contribution in [1.82, 2.24) is 24.4 Å². The van der Waals surface area contributed by atoms with Crippen LogP contribution in [0.1, 0.15) is 61.9 Å². The van der Waals surface area contributed by atoms with Gasteiger partial charge in [-0.3, -0.25) is 19.0 Å². The van der Waals surface area contributed by atoms with Crippen molar-refractivity contribution >= 4 is 23.5 Å². The van der Waals surface area contributed by atoms with Gasteiger partial charge in [0.1, 0.15) is 5.65 Å². The summed E-state index contributed by atoms with van der Waals surface area (Å²) in [6.45, 7) is 5.90. The molecule has 2 aromatic heterocycles. The number of nitrogens with zero attached hydrogens (tertiary/aromatic N) is 4.